The number of nitrogens with one attached hydrogen (secondary N) is 1. The van der Waals surface area contributed by atoms with Gasteiger partial charge >= 0.3 is 0 Å². The standard InChI is InChI=1S/C32H38ClN3O6S/c1-4-43(39,40)36(27-14-15-29-30(19-27)42-17-16-41-29)22-31(37)35(21-25-10-12-26(33)13-11-25)28(32(38)34-20-23(2)3)18-24-8-6-5-7-9-24/h5-15,19,23,28H,4,16-18,20-22H2,1-3H3,(H,34,38)/t28-/m0/s1. The molecule has 0 spiro atoms. The average molecular weight is 628 g/mol. The Morgan fingerprint density at radius 3 is 2.26 bits per heavy atom. The lowest BCUT2D eigenvalue weighted by atomic mass is 10.0. The van der Waals surface area contributed by atoms with Crippen molar-refractivity contribution in [1.82, 2.24) is 10.2 Å². The van der Waals surface area contributed by atoms with Crippen LogP contribution >= 0.6 is 11.6 Å². The molecule has 11 heteroatoms. The second-order valence-electron chi connectivity index (χ2n) is 10.7. The van der Waals surface area contributed by atoms with Crippen molar-refractivity contribution in [3.05, 3.63) is 88.9 Å². The number of benzene rings is 3. The van der Waals surface area contributed by atoms with Gasteiger partial charge in [-0.15, -0.1) is 0 Å². The number of rotatable bonds is 13. The predicted octanol–water partition coefficient (Wildman–Crippen LogP) is 4.68. The number of halogens is 1. The van der Waals surface area contributed by atoms with Crippen LogP contribution in [0.4, 0.5) is 5.69 Å². The van der Waals surface area contributed by atoms with E-state index in [0.717, 1.165) is 15.4 Å². The van der Waals surface area contributed by atoms with Crippen LogP contribution in [-0.2, 0) is 32.6 Å². The van der Waals surface area contributed by atoms with Crippen LogP contribution in [0.15, 0.2) is 72.8 Å². The minimum Gasteiger partial charge on any atom is -0.486 e. The summed E-state index contributed by atoms with van der Waals surface area (Å²) in [6, 6.07) is 20.3. The second-order valence-corrected chi connectivity index (χ2v) is 13.3. The van der Waals surface area contributed by atoms with E-state index < -0.39 is 28.5 Å². The number of carbonyl (C=O) groups is 2. The fraction of sp³-hybridized carbons (Fsp3) is 0.375. The Morgan fingerprint density at radius 2 is 1.60 bits per heavy atom. The molecular formula is C32H38ClN3O6S. The van der Waals surface area contributed by atoms with Gasteiger partial charge in [0.1, 0.15) is 25.8 Å². The quantitative estimate of drug-likeness (QED) is 0.295. The maximum atomic E-state index is 14.3. The molecule has 9 nitrogen and oxygen atoms in total. The summed E-state index contributed by atoms with van der Waals surface area (Å²) in [7, 11) is -3.90. The van der Waals surface area contributed by atoms with Gasteiger partial charge in [-0.3, -0.25) is 13.9 Å². The molecule has 4 rings (SSSR count). The molecule has 0 aliphatic carbocycles. The summed E-state index contributed by atoms with van der Waals surface area (Å²) in [5.74, 6) is 0.0346. The highest BCUT2D eigenvalue weighted by atomic mass is 35.5. The minimum absolute atomic E-state index is 0.0732. The second kappa shape index (κ2) is 14.6. The van der Waals surface area contributed by atoms with E-state index >= 15 is 0 Å². The van der Waals surface area contributed by atoms with Crippen LogP contribution in [0, 0.1) is 5.92 Å². The molecule has 0 saturated carbocycles. The maximum absolute atomic E-state index is 14.3. The van der Waals surface area contributed by atoms with Gasteiger partial charge in [-0.1, -0.05) is 67.9 Å². The number of hydrogen-bond donors (Lipinski definition) is 1. The fourth-order valence-corrected chi connectivity index (χ4v) is 5.85. The zero-order chi connectivity index (χ0) is 31.0. The van der Waals surface area contributed by atoms with E-state index in [4.69, 9.17) is 21.1 Å². The Kier molecular flexibility index (Phi) is 10.9. The third-order valence-corrected chi connectivity index (χ3v) is 9.01. The molecule has 1 N–H and O–H groups in total. The number of sulfonamides is 1. The first-order valence-electron chi connectivity index (χ1n) is 14.3. The van der Waals surface area contributed by atoms with Gasteiger partial charge in [0.2, 0.25) is 21.8 Å². The zero-order valence-electron chi connectivity index (χ0n) is 24.7. The van der Waals surface area contributed by atoms with Crippen molar-refractivity contribution in [3.8, 4) is 11.5 Å². The number of anilines is 1. The highest BCUT2D eigenvalue weighted by Crippen LogP contribution is 2.35. The van der Waals surface area contributed by atoms with Crippen molar-refractivity contribution in [2.75, 3.05) is 36.4 Å². The fourth-order valence-electron chi connectivity index (χ4n) is 4.67. The number of nitrogens with zero attached hydrogens (tertiary/aromatic N) is 2. The van der Waals surface area contributed by atoms with Gasteiger partial charge in [0.15, 0.2) is 11.5 Å². The van der Waals surface area contributed by atoms with Gasteiger partial charge in [-0.25, -0.2) is 8.42 Å². The number of carbonyl (C=O) groups excluding carboxylic acids is 2. The Morgan fingerprint density at radius 1 is 0.930 bits per heavy atom. The Labute approximate surface area is 258 Å². The number of fused-ring (bicyclic) bond motifs is 1. The van der Waals surface area contributed by atoms with Crippen molar-refractivity contribution in [1.29, 1.82) is 0 Å². The van der Waals surface area contributed by atoms with E-state index in [1.54, 1.807) is 42.5 Å². The van der Waals surface area contributed by atoms with E-state index in [1.807, 2.05) is 44.2 Å². The molecular weight excluding hydrogens is 590 g/mol. The summed E-state index contributed by atoms with van der Waals surface area (Å²) >= 11 is 6.12. The molecule has 43 heavy (non-hydrogen) atoms. The highest BCUT2D eigenvalue weighted by Gasteiger charge is 2.34. The smallest absolute Gasteiger partial charge is 0.244 e. The van der Waals surface area contributed by atoms with Gasteiger partial charge in [0.25, 0.3) is 0 Å². The Bertz CT molecular complexity index is 1500. The molecule has 3 aromatic carbocycles. The van der Waals surface area contributed by atoms with Gasteiger partial charge in [-0.2, -0.15) is 0 Å². The van der Waals surface area contributed by atoms with Gasteiger partial charge < -0.3 is 19.7 Å². The SMILES string of the molecule is CCS(=O)(=O)N(CC(=O)N(Cc1ccc(Cl)cc1)[C@@H](Cc1ccccc1)C(=O)NCC(C)C)c1ccc2c(c1)OCCO2. The first-order chi connectivity index (χ1) is 20.6. The molecule has 0 bridgehead atoms. The topological polar surface area (TPSA) is 105 Å². The third-order valence-electron chi connectivity index (χ3n) is 7.02. The van der Waals surface area contributed by atoms with Gasteiger partial charge in [-0.05, 0) is 48.2 Å². The van der Waals surface area contributed by atoms with Crippen LogP contribution in [0.3, 0.4) is 0 Å². The molecule has 0 fully saturated rings. The van der Waals surface area contributed by atoms with Crippen molar-refractivity contribution in [2.24, 2.45) is 5.92 Å². The summed E-state index contributed by atoms with van der Waals surface area (Å²) < 4.78 is 39.1. The lowest BCUT2D eigenvalue weighted by molar-refractivity contribution is -0.140. The number of hydrogen-bond acceptors (Lipinski definition) is 6. The van der Waals surface area contributed by atoms with Crippen molar-refractivity contribution >= 4 is 39.1 Å². The van der Waals surface area contributed by atoms with Crippen LogP contribution in [0.25, 0.3) is 0 Å². The molecule has 1 aliphatic heterocycles. The van der Waals surface area contributed by atoms with Crippen LogP contribution in [0.1, 0.15) is 31.9 Å². The number of ether oxygens (including phenoxy) is 2. The van der Waals surface area contributed by atoms with E-state index in [0.29, 0.717) is 36.3 Å². The lowest BCUT2D eigenvalue weighted by Gasteiger charge is -2.34. The molecule has 2 amide bonds. The van der Waals surface area contributed by atoms with Crippen LogP contribution in [0.2, 0.25) is 5.02 Å². The maximum Gasteiger partial charge on any atom is 0.244 e. The van der Waals surface area contributed by atoms with E-state index in [9.17, 15) is 18.0 Å². The largest absolute Gasteiger partial charge is 0.486 e. The molecule has 0 radical (unpaired) electrons. The van der Waals surface area contributed by atoms with Gasteiger partial charge in [0.05, 0.1) is 11.4 Å². The summed E-state index contributed by atoms with van der Waals surface area (Å²) in [6.45, 7) is 6.22. The molecule has 0 saturated heterocycles. The average Bonchev–Trinajstić information content (AvgIpc) is 3.01. The highest BCUT2D eigenvalue weighted by molar-refractivity contribution is 7.92. The zero-order valence-corrected chi connectivity index (χ0v) is 26.2. The van der Waals surface area contributed by atoms with Gasteiger partial charge in [0, 0.05) is 30.6 Å². The molecule has 1 atom stereocenters. The number of amides is 2. The molecule has 3 aromatic rings. The van der Waals surface area contributed by atoms with Crippen molar-refractivity contribution in [3.63, 3.8) is 0 Å². The molecule has 230 valence electrons. The summed E-state index contributed by atoms with van der Waals surface area (Å²) in [6.07, 6.45) is 0.245. The molecule has 0 unspecified atom stereocenters. The van der Waals surface area contributed by atoms with Crippen LogP contribution in [0.5, 0.6) is 11.5 Å². The first kappa shape index (κ1) is 32.2. The monoisotopic (exact) mass is 627 g/mol. The molecule has 1 heterocycles. The predicted molar refractivity (Wildman–Crippen MR) is 168 cm³/mol. The van der Waals surface area contributed by atoms with Crippen LogP contribution in [-0.4, -0.2) is 63.2 Å². The summed E-state index contributed by atoms with van der Waals surface area (Å²) in [4.78, 5) is 29.5. The van der Waals surface area contributed by atoms with E-state index in [-0.39, 0.29) is 36.2 Å². The first-order valence-corrected chi connectivity index (χ1v) is 16.3. The third kappa shape index (κ3) is 8.64. The summed E-state index contributed by atoms with van der Waals surface area (Å²) in [5.41, 5.74) is 1.89. The normalized spacial score (nSPS) is 13.3. The summed E-state index contributed by atoms with van der Waals surface area (Å²) in [5, 5.41) is 3.51. The van der Waals surface area contributed by atoms with E-state index in [2.05, 4.69) is 5.32 Å². The minimum atomic E-state index is -3.90. The Hall–Kier alpha value is -3.76. The van der Waals surface area contributed by atoms with Crippen molar-refractivity contribution < 1.29 is 27.5 Å². The van der Waals surface area contributed by atoms with E-state index in [1.165, 1.54) is 11.8 Å². The lowest BCUT2D eigenvalue weighted by Crippen LogP contribution is -2.54. The van der Waals surface area contributed by atoms with Crippen LogP contribution < -0.4 is 19.1 Å². The molecule has 0 aromatic heterocycles. The van der Waals surface area contributed by atoms with Crippen molar-refractivity contribution in [2.45, 2.75) is 39.8 Å². The molecule has 1 aliphatic rings. The Balaban J connectivity index is 1.73.